The highest BCUT2D eigenvalue weighted by Crippen LogP contribution is 2.09. The Morgan fingerprint density at radius 3 is 2.67 bits per heavy atom. The number of nitrogens with one attached hydrogen (secondary N) is 1. The van der Waals surface area contributed by atoms with Gasteiger partial charge in [0, 0.05) is 18.0 Å². The van der Waals surface area contributed by atoms with Gasteiger partial charge in [-0.2, -0.15) is 0 Å². The number of nitrogens with zero attached hydrogens (tertiary/aromatic N) is 1. The summed E-state index contributed by atoms with van der Waals surface area (Å²) in [7, 11) is 0. The van der Waals surface area contributed by atoms with Crippen LogP contribution in [0.15, 0.2) is 43.2 Å². The van der Waals surface area contributed by atoms with E-state index in [4.69, 9.17) is 0 Å². The van der Waals surface area contributed by atoms with E-state index in [1.54, 1.807) is 23.4 Å². The first-order chi connectivity index (χ1) is 7.31. The normalized spacial score (nSPS) is 13.7. The number of carbonyl (C=O) groups is 1. The van der Waals surface area contributed by atoms with Crippen molar-refractivity contribution >= 4 is 12.0 Å². The van der Waals surface area contributed by atoms with E-state index < -0.39 is 0 Å². The molecule has 0 spiro atoms. The molecule has 0 aliphatic carbocycles. The summed E-state index contributed by atoms with van der Waals surface area (Å²) in [6.45, 7) is 4.21. The van der Waals surface area contributed by atoms with Gasteiger partial charge in [0.05, 0.1) is 6.67 Å². The third kappa shape index (κ3) is 1.91. The van der Waals surface area contributed by atoms with Crippen molar-refractivity contribution in [3.8, 4) is 0 Å². The minimum Gasteiger partial charge on any atom is -0.372 e. The summed E-state index contributed by atoms with van der Waals surface area (Å²) in [4.78, 5) is 13.5. The molecule has 1 aliphatic rings. The molecular formula is C12H12N2O. The zero-order valence-electron chi connectivity index (χ0n) is 8.31. The van der Waals surface area contributed by atoms with Gasteiger partial charge in [0.1, 0.15) is 0 Å². The summed E-state index contributed by atoms with van der Waals surface area (Å²) >= 11 is 0. The predicted molar refractivity (Wildman–Crippen MR) is 59.8 cm³/mol. The van der Waals surface area contributed by atoms with Crippen molar-refractivity contribution in [2.24, 2.45) is 0 Å². The van der Waals surface area contributed by atoms with E-state index in [9.17, 15) is 4.79 Å². The van der Waals surface area contributed by atoms with Crippen LogP contribution in [-0.2, 0) is 0 Å². The maximum atomic E-state index is 11.9. The Labute approximate surface area is 88.7 Å². The zero-order valence-corrected chi connectivity index (χ0v) is 8.31. The average molecular weight is 200 g/mol. The predicted octanol–water partition coefficient (Wildman–Crippen LogP) is 1.80. The van der Waals surface area contributed by atoms with E-state index in [1.807, 2.05) is 24.3 Å². The van der Waals surface area contributed by atoms with Crippen molar-refractivity contribution in [3.63, 3.8) is 0 Å². The van der Waals surface area contributed by atoms with Crippen molar-refractivity contribution in [3.05, 3.63) is 54.4 Å². The molecule has 3 nitrogen and oxygen atoms in total. The van der Waals surface area contributed by atoms with Crippen molar-refractivity contribution in [2.75, 3.05) is 6.67 Å². The Morgan fingerprint density at radius 2 is 2.13 bits per heavy atom. The molecule has 0 saturated heterocycles. The smallest absolute Gasteiger partial charge is 0.259 e. The van der Waals surface area contributed by atoms with Crippen LogP contribution < -0.4 is 5.32 Å². The maximum Gasteiger partial charge on any atom is 0.259 e. The standard InChI is InChI=1S/C12H12N2O/c1-2-10-3-5-11(6-4-10)12(15)14-8-7-13-9-14/h2-8,13H,1,9H2. The van der Waals surface area contributed by atoms with Crippen LogP contribution in [0.4, 0.5) is 0 Å². The largest absolute Gasteiger partial charge is 0.372 e. The second kappa shape index (κ2) is 4.00. The van der Waals surface area contributed by atoms with Gasteiger partial charge < -0.3 is 5.32 Å². The Morgan fingerprint density at radius 1 is 1.40 bits per heavy atom. The topological polar surface area (TPSA) is 32.3 Å². The number of amides is 1. The number of rotatable bonds is 2. The van der Waals surface area contributed by atoms with E-state index in [0.717, 1.165) is 5.56 Å². The van der Waals surface area contributed by atoms with Crippen molar-refractivity contribution in [1.29, 1.82) is 0 Å². The van der Waals surface area contributed by atoms with Gasteiger partial charge in [0.2, 0.25) is 0 Å². The molecule has 1 aromatic carbocycles. The average Bonchev–Trinajstić information content (AvgIpc) is 2.82. The quantitative estimate of drug-likeness (QED) is 0.789. The molecule has 1 amide bonds. The molecule has 3 heteroatoms. The molecule has 0 saturated carbocycles. The van der Waals surface area contributed by atoms with Crippen LogP contribution in [0.1, 0.15) is 15.9 Å². The Balaban J connectivity index is 2.18. The summed E-state index contributed by atoms with van der Waals surface area (Å²) < 4.78 is 0. The van der Waals surface area contributed by atoms with Crippen LogP contribution in [-0.4, -0.2) is 17.5 Å². The molecule has 1 aliphatic heterocycles. The van der Waals surface area contributed by atoms with Crippen LogP contribution in [0, 0.1) is 0 Å². The second-order valence-electron chi connectivity index (χ2n) is 3.28. The highest BCUT2D eigenvalue weighted by Gasteiger charge is 2.14. The van der Waals surface area contributed by atoms with Crippen LogP contribution in [0.2, 0.25) is 0 Å². The van der Waals surface area contributed by atoms with Gasteiger partial charge in [-0.15, -0.1) is 0 Å². The lowest BCUT2D eigenvalue weighted by Gasteiger charge is -2.12. The lowest BCUT2D eigenvalue weighted by atomic mass is 10.1. The molecule has 76 valence electrons. The summed E-state index contributed by atoms with van der Waals surface area (Å²) in [5.41, 5.74) is 1.70. The molecule has 0 bridgehead atoms. The van der Waals surface area contributed by atoms with Gasteiger partial charge in [0.15, 0.2) is 0 Å². The summed E-state index contributed by atoms with van der Waals surface area (Å²) in [5.74, 6) is 0.00635. The molecule has 15 heavy (non-hydrogen) atoms. The van der Waals surface area contributed by atoms with Crippen molar-refractivity contribution < 1.29 is 4.79 Å². The number of carbonyl (C=O) groups excluding carboxylic acids is 1. The number of hydrogen-bond acceptors (Lipinski definition) is 2. The second-order valence-corrected chi connectivity index (χ2v) is 3.28. The molecule has 0 fully saturated rings. The Bertz CT molecular complexity index is 406. The van der Waals surface area contributed by atoms with Gasteiger partial charge in [-0.05, 0) is 17.7 Å². The molecular weight excluding hydrogens is 188 g/mol. The van der Waals surface area contributed by atoms with Crippen molar-refractivity contribution in [1.82, 2.24) is 10.2 Å². The van der Waals surface area contributed by atoms with Crippen molar-refractivity contribution in [2.45, 2.75) is 0 Å². The van der Waals surface area contributed by atoms with E-state index in [0.29, 0.717) is 12.2 Å². The molecule has 0 unspecified atom stereocenters. The van der Waals surface area contributed by atoms with Crippen LogP contribution in [0.3, 0.4) is 0 Å². The fourth-order valence-corrected chi connectivity index (χ4v) is 1.41. The fraction of sp³-hybridized carbons (Fsp3) is 0.0833. The van der Waals surface area contributed by atoms with Crippen LogP contribution in [0.5, 0.6) is 0 Å². The van der Waals surface area contributed by atoms with Crippen LogP contribution >= 0.6 is 0 Å². The highest BCUT2D eigenvalue weighted by atomic mass is 16.2. The molecule has 1 N–H and O–H groups in total. The number of hydrogen-bond donors (Lipinski definition) is 1. The maximum absolute atomic E-state index is 11.9. The monoisotopic (exact) mass is 200 g/mol. The molecule has 2 rings (SSSR count). The summed E-state index contributed by atoms with van der Waals surface area (Å²) in [6, 6.07) is 7.39. The molecule has 1 aromatic rings. The Kier molecular flexibility index (Phi) is 2.54. The first kappa shape index (κ1) is 9.52. The highest BCUT2D eigenvalue weighted by molar-refractivity contribution is 5.95. The lowest BCUT2D eigenvalue weighted by Crippen LogP contribution is -2.27. The first-order valence-corrected chi connectivity index (χ1v) is 4.75. The van der Waals surface area contributed by atoms with Gasteiger partial charge in [-0.25, -0.2) is 0 Å². The summed E-state index contributed by atoms with van der Waals surface area (Å²) in [5, 5.41) is 2.95. The van der Waals surface area contributed by atoms with Gasteiger partial charge in [-0.3, -0.25) is 9.69 Å². The SMILES string of the molecule is C=Cc1ccc(C(=O)N2C=CNC2)cc1. The zero-order chi connectivity index (χ0) is 10.7. The van der Waals surface area contributed by atoms with E-state index in [1.165, 1.54) is 0 Å². The first-order valence-electron chi connectivity index (χ1n) is 4.75. The molecule has 1 heterocycles. The third-order valence-corrected chi connectivity index (χ3v) is 2.29. The fourth-order valence-electron chi connectivity index (χ4n) is 1.41. The van der Waals surface area contributed by atoms with Gasteiger partial charge in [-0.1, -0.05) is 24.8 Å². The molecule has 0 atom stereocenters. The summed E-state index contributed by atoms with van der Waals surface area (Å²) in [6.07, 6.45) is 5.26. The van der Waals surface area contributed by atoms with E-state index in [-0.39, 0.29) is 5.91 Å². The number of benzene rings is 1. The Hall–Kier alpha value is -2.03. The molecule has 0 aromatic heterocycles. The lowest BCUT2D eigenvalue weighted by molar-refractivity contribution is 0.0829. The minimum atomic E-state index is 0.00635. The van der Waals surface area contributed by atoms with Gasteiger partial charge in [0.25, 0.3) is 5.91 Å². The van der Waals surface area contributed by atoms with E-state index in [2.05, 4.69) is 11.9 Å². The minimum absolute atomic E-state index is 0.00635. The van der Waals surface area contributed by atoms with Gasteiger partial charge >= 0.3 is 0 Å². The van der Waals surface area contributed by atoms with Crippen LogP contribution in [0.25, 0.3) is 6.08 Å². The third-order valence-electron chi connectivity index (χ3n) is 2.29. The molecule has 0 radical (unpaired) electrons. The van der Waals surface area contributed by atoms with E-state index >= 15 is 0 Å².